The van der Waals surface area contributed by atoms with Crippen molar-refractivity contribution in [2.24, 2.45) is 5.92 Å². The van der Waals surface area contributed by atoms with Crippen LogP contribution in [0.4, 0.5) is 55.4 Å². The summed E-state index contributed by atoms with van der Waals surface area (Å²) in [6.45, 7) is 4.05. The van der Waals surface area contributed by atoms with E-state index >= 15 is 0 Å². The maximum Gasteiger partial charge on any atom is 0.416 e. The minimum absolute atomic E-state index is 0.0245. The van der Waals surface area contributed by atoms with E-state index in [4.69, 9.17) is 0 Å². The van der Waals surface area contributed by atoms with Crippen molar-refractivity contribution in [3.63, 3.8) is 0 Å². The molecule has 2 aromatic carbocycles. The second-order valence-electron chi connectivity index (χ2n) is 11.6. The summed E-state index contributed by atoms with van der Waals surface area (Å²) in [6.07, 6.45) is -13.7. The summed E-state index contributed by atoms with van der Waals surface area (Å²) in [6, 6.07) is 6.30. The number of alkyl halides is 9. The van der Waals surface area contributed by atoms with Gasteiger partial charge in [0.1, 0.15) is 11.6 Å². The fourth-order valence-electron chi connectivity index (χ4n) is 5.43. The number of aryl methyl sites for hydroxylation is 1. The van der Waals surface area contributed by atoms with Gasteiger partial charge in [0, 0.05) is 25.7 Å². The van der Waals surface area contributed by atoms with Gasteiger partial charge in [-0.1, -0.05) is 6.07 Å². The van der Waals surface area contributed by atoms with Crippen molar-refractivity contribution in [2.45, 2.75) is 57.6 Å². The van der Waals surface area contributed by atoms with E-state index in [1.54, 1.807) is 11.8 Å². The maximum atomic E-state index is 14.0. The van der Waals surface area contributed by atoms with Crippen LogP contribution in [0.5, 0.6) is 0 Å². The van der Waals surface area contributed by atoms with Gasteiger partial charge >= 0.3 is 18.5 Å². The number of carbonyl (C=O) groups excluding carboxylic acids is 1. The van der Waals surface area contributed by atoms with Gasteiger partial charge in [0.15, 0.2) is 0 Å². The molecule has 2 heterocycles. The Labute approximate surface area is 252 Å². The highest BCUT2D eigenvalue weighted by Crippen LogP contribution is 2.42. The molecule has 0 N–H and O–H groups in total. The zero-order valence-corrected chi connectivity index (χ0v) is 24.6. The highest BCUT2D eigenvalue weighted by Gasteiger charge is 2.43. The van der Waals surface area contributed by atoms with Gasteiger partial charge in [-0.25, -0.2) is 9.37 Å². The molecule has 1 amide bonds. The van der Waals surface area contributed by atoms with Gasteiger partial charge in [-0.2, -0.15) is 39.5 Å². The number of hydrogen-bond donors (Lipinski definition) is 0. The molecule has 4 rings (SSSR count). The summed E-state index contributed by atoms with van der Waals surface area (Å²) < 4.78 is 135. The van der Waals surface area contributed by atoms with E-state index in [2.05, 4.69) is 4.98 Å². The van der Waals surface area contributed by atoms with Gasteiger partial charge in [-0.3, -0.25) is 4.79 Å². The number of piperidine rings is 1. The second-order valence-corrected chi connectivity index (χ2v) is 11.6. The number of amides is 1. The number of pyridine rings is 1. The van der Waals surface area contributed by atoms with E-state index in [0.29, 0.717) is 28.8 Å². The molecule has 0 radical (unpaired) electrons. The Bertz CT molecular complexity index is 1540. The molecule has 3 aromatic rings. The van der Waals surface area contributed by atoms with Gasteiger partial charge in [-0.15, -0.1) is 0 Å². The van der Waals surface area contributed by atoms with Crippen molar-refractivity contribution in [2.75, 3.05) is 29.9 Å². The van der Waals surface area contributed by atoms with E-state index in [-0.39, 0.29) is 43.5 Å². The molecule has 4 nitrogen and oxygen atoms in total. The molecule has 1 saturated heterocycles. The molecule has 0 spiro atoms. The lowest BCUT2D eigenvalue weighted by atomic mass is 9.81. The highest BCUT2D eigenvalue weighted by atomic mass is 19.4. The average Bonchev–Trinajstić information content (AvgIpc) is 2.94. The Morgan fingerprint density at radius 2 is 1.36 bits per heavy atom. The number of halogens is 10. The Balaban J connectivity index is 1.78. The first kappa shape index (κ1) is 34.0. The molecule has 0 unspecified atom stereocenters. The zero-order chi connectivity index (χ0) is 33.7. The van der Waals surface area contributed by atoms with E-state index in [9.17, 15) is 48.7 Å². The molecule has 244 valence electrons. The summed E-state index contributed by atoms with van der Waals surface area (Å²) in [5.41, 5.74) is -4.32. The summed E-state index contributed by atoms with van der Waals surface area (Å²) in [5.74, 6) is -2.62. The fourth-order valence-corrected chi connectivity index (χ4v) is 5.43. The van der Waals surface area contributed by atoms with Crippen molar-refractivity contribution < 1.29 is 48.7 Å². The van der Waals surface area contributed by atoms with Gasteiger partial charge in [0.2, 0.25) is 5.91 Å². The Morgan fingerprint density at radius 1 is 0.822 bits per heavy atom. The third-order valence-electron chi connectivity index (χ3n) is 8.14. The van der Waals surface area contributed by atoms with Crippen molar-refractivity contribution >= 4 is 17.4 Å². The number of benzene rings is 2. The van der Waals surface area contributed by atoms with Crippen LogP contribution in [0, 0.1) is 18.7 Å². The van der Waals surface area contributed by atoms with E-state index in [1.165, 1.54) is 45.3 Å². The first-order valence-corrected chi connectivity index (χ1v) is 13.8. The van der Waals surface area contributed by atoms with Crippen LogP contribution >= 0.6 is 0 Å². The quantitative estimate of drug-likeness (QED) is 0.259. The summed E-state index contributed by atoms with van der Waals surface area (Å²) in [7, 11) is 1.27. The Hall–Kier alpha value is -3.84. The SMILES string of the molecule is Cc1cc(F)ccc1-c1cc(N2CCC(C(F)(F)F)CC2)ncc1N(C)C(=O)C(C)(C)c1cc(C(F)(F)F)cc(C(F)(F)F)c1. The van der Waals surface area contributed by atoms with E-state index in [1.807, 2.05) is 0 Å². The molecule has 0 saturated carbocycles. The third-order valence-corrected chi connectivity index (χ3v) is 8.14. The second kappa shape index (κ2) is 11.8. The summed E-state index contributed by atoms with van der Waals surface area (Å²) in [5, 5.41) is 0. The van der Waals surface area contributed by atoms with E-state index < -0.39 is 58.3 Å². The summed E-state index contributed by atoms with van der Waals surface area (Å²) >= 11 is 0. The molecule has 1 aromatic heterocycles. The minimum atomic E-state index is -5.12. The van der Waals surface area contributed by atoms with Crippen molar-refractivity contribution in [1.29, 1.82) is 0 Å². The molecule has 14 heteroatoms. The van der Waals surface area contributed by atoms with Crippen LogP contribution in [0.1, 0.15) is 48.9 Å². The van der Waals surface area contributed by atoms with Gasteiger partial charge in [-0.05, 0) is 86.7 Å². The molecular weight excluding hydrogens is 620 g/mol. The predicted molar refractivity (Wildman–Crippen MR) is 148 cm³/mol. The molecule has 0 atom stereocenters. The van der Waals surface area contributed by atoms with Gasteiger partial charge in [0.25, 0.3) is 0 Å². The van der Waals surface area contributed by atoms with Crippen LogP contribution < -0.4 is 9.80 Å². The molecular formula is C31H29F10N3O. The Morgan fingerprint density at radius 3 is 1.84 bits per heavy atom. The number of aromatic nitrogens is 1. The van der Waals surface area contributed by atoms with Crippen LogP contribution in [0.25, 0.3) is 11.1 Å². The van der Waals surface area contributed by atoms with Gasteiger partial charge < -0.3 is 9.80 Å². The van der Waals surface area contributed by atoms with Gasteiger partial charge in [0.05, 0.1) is 34.3 Å². The largest absolute Gasteiger partial charge is 0.416 e. The monoisotopic (exact) mass is 649 g/mol. The number of likely N-dealkylation sites (N-methyl/N-ethyl adjacent to an activating group) is 1. The number of hydrogen-bond acceptors (Lipinski definition) is 3. The molecule has 1 fully saturated rings. The lowest BCUT2D eigenvalue weighted by molar-refractivity contribution is -0.179. The number of carbonyl (C=O) groups is 1. The number of nitrogens with zero attached hydrogens (tertiary/aromatic N) is 3. The van der Waals surface area contributed by atoms with Crippen LogP contribution in [-0.4, -0.2) is 37.2 Å². The molecule has 1 aliphatic heterocycles. The summed E-state index contributed by atoms with van der Waals surface area (Å²) in [4.78, 5) is 20.9. The Kier molecular flexibility index (Phi) is 8.95. The minimum Gasteiger partial charge on any atom is -0.357 e. The predicted octanol–water partition coefficient (Wildman–Crippen LogP) is 8.95. The van der Waals surface area contributed by atoms with Crippen LogP contribution in [-0.2, 0) is 22.6 Å². The lowest BCUT2D eigenvalue weighted by Crippen LogP contribution is -2.42. The normalized spacial score (nSPS) is 15.4. The highest BCUT2D eigenvalue weighted by molar-refractivity contribution is 6.03. The molecule has 45 heavy (non-hydrogen) atoms. The van der Waals surface area contributed by atoms with E-state index in [0.717, 1.165) is 11.0 Å². The molecule has 0 bridgehead atoms. The maximum absolute atomic E-state index is 14.0. The van der Waals surface area contributed by atoms with Crippen molar-refractivity contribution in [1.82, 2.24) is 4.98 Å². The number of anilines is 2. The molecule has 1 aliphatic rings. The van der Waals surface area contributed by atoms with Crippen LogP contribution in [0.2, 0.25) is 0 Å². The average molecular weight is 650 g/mol. The standard InChI is InChI=1S/C31H29F10N3O/c1-17-11-22(32)5-6-23(17)24-15-26(44-9-7-18(8-10-44)29(33,34)35)42-16-25(24)43(4)27(45)28(2,3)19-12-20(30(36,37)38)14-21(13-19)31(39,40)41/h5-6,11-16,18H,7-10H2,1-4H3. The van der Waals surface area contributed by atoms with Crippen LogP contribution in [0.3, 0.4) is 0 Å². The van der Waals surface area contributed by atoms with Crippen molar-refractivity contribution in [3.05, 3.63) is 76.7 Å². The zero-order valence-electron chi connectivity index (χ0n) is 24.6. The first-order valence-electron chi connectivity index (χ1n) is 13.8. The lowest BCUT2D eigenvalue weighted by Gasteiger charge is -2.35. The number of rotatable bonds is 5. The van der Waals surface area contributed by atoms with Crippen molar-refractivity contribution in [3.8, 4) is 11.1 Å². The smallest absolute Gasteiger partial charge is 0.357 e. The van der Waals surface area contributed by atoms with Crippen LogP contribution in [0.15, 0.2) is 48.7 Å². The third kappa shape index (κ3) is 7.19. The molecule has 0 aliphatic carbocycles. The fraction of sp³-hybridized carbons (Fsp3) is 0.419. The first-order chi connectivity index (χ1) is 20.6. The topological polar surface area (TPSA) is 36.4 Å².